The largest absolute Gasteiger partial charge is 0.329 e. The van der Waals surface area contributed by atoms with Crippen LogP contribution in [-0.2, 0) is 0 Å². The summed E-state index contributed by atoms with van der Waals surface area (Å²) in [6, 6.07) is 10.4. The van der Waals surface area contributed by atoms with Crippen LogP contribution in [0.15, 0.2) is 30.3 Å². The quantitative estimate of drug-likeness (QED) is 0.724. The average Bonchev–Trinajstić information content (AvgIpc) is 2.23. The molecule has 1 unspecified atom stereocenters. The van der Waals surface area contributed by atoms with Gasteiger partial charge in [0.25, 0.3) is 0 Å². The van der Waals surface area contributed by atoms with Gasteiger partial charge >= 0.3 is 0 Å². The van der Waals surface area contributed by atoms with Crippen molar-refractivity contribution in [3.63, 3.8) is 0 Å². The Morgan fingerprint density at radius 3 is 1.64 bits per heavy atom. The van der Waals surface area contributed by atoms with E-state index >= 15 is 0 Å². The Kier molecular flexibility index (Phi) is 13.5. The second kappa shape index (κ2) is 12.1. The van der Waals surface area contributed by atoms with E-state index in [4.69, 9.17) is 11.5 Å². The van der Waals surface area contributed by atoms with Gasteiger partial charge in [0.2, 0.25) is 0 Å². The molecule has 0 fully saturated rings. The molecule has 1 atom stereocenters. The van der Waals surface area contributed by atoms with E-state index in [9.17, 15) is 0 Å². The molecule has 0 spiro atoms. The molecular formula is C12H24N2. The van der Waals surface area contributed by atoms with Gasteiger partial charge in [0.05, 0.1) is 0 Å². The smallest absolute Gasteiger partial charge is 0.0134 e. The van der Waals surface area contributed by atoms with Crippen LogP contribution in [0.3, 0.4) is 0 Å². The van der Waals surface area contributed by atoms with Crippen molar-refractivity contribution in [1.29, 1.82) is 0 Å². The molecule has 14 heavy (non-hydrogen) atoms. The van der Waals surface area contributed by atoms with E-state index in [1.165, 1.54) is 5.56 Å². The lowest BCUT2D eigenvalue weighted by Gasteiger charge is -1.92. The van der Waals surface area contributed by atoms with Gasteiger partial charge in [-0.2, -0.15) is 0 Å². The van der Waals surface area contributed by atoms with E-state index in [1.807, 2.05) is 39.0 Å². The minimum atomic E-state index is 0.162. The zero-order valence-electron chi connectivity index (χ0n) is 9.83. The van der Waals surface area contributed by atoms with Crippen molar-refractivity contribution in [3.05, 3.63) is 35.9 Å². The summed E-state index contributed by atoms with van der Waals surface area (Å²) in [4.78, 5) is 0. The molecule has 0 amide bonds. The highest BCUT2D eigenvalue weighted by molar-refractivity contribution is 5.11. The fourth-order valence-corrected chi connectivity index (χ4v) is 0.534. The zero-order chi connectivity index (χ0) is 11.4. The van der Waals surface area contributed by atoms with Gasteiger partial charge in [-0.15, -0.1) is 0 Å². The number of benzene rings is 1. The summed E-state index contributed by atoms with van der Waals surface area (Å²) in [7, 11) is 0. The second-order valence-corrected chi connectivity index (χ2v) is 2.87. The molecule has 2 heteroatoms. The third-order valence-electron chi connectivity index (χ3n) is 1.31. The number of nitrogens with two attached hydrogens (primary N) is 2. The van der Waals surface area contributed by atoms with Gasteiger partial charge in [-0.3, -0.25) is 0 Å². The van der Waals surface area contributed by atoms with Crippen LogP contribution in [0.4, 0.5) is 0 Å². The fraction of sp³-hybridized carbons (Fsp3) is 0.500. The Bertz CT molecular complexity index is 183. The number of hydrogen-bond acceptors (Lipinski definition) is 2. The molecule has 0 heterocycles. The monoisotopic (exact) mass is 196 g/mol. The number of hydrogen-bond donors (Lipinski definition) is 2. The first-order valence-corrected chi connectivity index (χ1v) is 5.14. The predicted molar refractivity (Wildman–Crippen MR) is 65.2 cm³/mol. The molecule has 1 aromatic carbocycles. The predicted octanol–water partition coefficient (Wildman–Crippen LogP) is 2.31. The normalized spacial score (nSPS) is 10.1. The minimum Gasteiger partial charge on any atom is -0.329 e. The summed E-state index contributed by atoms with van der Waals surface area (Å²) in [6.45, 7) is 8.54. The van der Waals surface area contributed by atoms with Crippen molar-refractivity contribution in [2.24, 2.45) is 11.5 Å². The lowest BCUT2D eigenvalue weighted by atomic mass is 10.2. The van der Waals surface area contributed by atoms with Crippen molar-refractivity contribution in [3.8, 4) is 0 Å². The highest BCUT2D eigenvalue weighted by Crippen LogP contribution is 1.92. The number of aryl methyl sites for hydroxylation is 1. The summed E-state index contributed by atoms with van der Waals surface area (Å²) in [6.07, 6.45) is 0. The molecule has 2 nitrogen and oxygen atoms in total. The van der Waals surface area contributed by atoms with E-state index in [0.29, 0.717) is 6.54 Å². The molecule has 0 aromatic heterocycles. The molecule has 0 aliphatic carbocycles. The van der Waals surface area contributed by atoms with Gasteiger partial charge in [-0.1, -0.05) is 49.7 Å². The fourth-order valence-electron chi connectivity index (χ4n) is 0.534. The van der Waals surface area contributed by atoms with Gasteiger partial charge in [0.15, 0.2) is 0 Å². The van der Waals surface area contributed by atoms with Crippen LogP contribution in [0, 0.1) is 6.92 Å². The molecule has 0 bridgehead atoms. The highest BCUT2D eigenvalue weighted by Gasteiger charge is 1.79. The SMILES string of the molecule is CC.CC(N)CN.Cc1ccccc1. The molecular weight excluding hydrogens is 172 g/mol. The van der Waals surface area contributed by atoms with Crippen molar-refractivity contribution < 1.29 is 0 Å². The first-order valence-electron chi connectivity index (χ1n) is 5.14. The van der Waals surface area contributed by atoms with Crippen LogP contribution < -0.4 is 11.5 Å². The molecule has 4 N–H and O–H groups in total. The third kappa shape index (κ3) is 13.7. The maximum Gasteiger partial charge on any atom is 0.0134 e. The van der Waals surface area contributed by atoms with Crippen molar-refractivity contribution >= 4 is 0 Å². The van der Waals surface area contributed by atoms with E-state index in [2.05, 4.69) is 19.1 Å². The van der Waals surface area contributed by atoms with Crippen molar-refractivity contribution in [2.75, 3.05) is 6.54 Å². The second-order valence-electron chi connectivity index (χ2n) is 2.87. The topological polar surface area (TPSA) is 52.0 Å². The van der Waals surface area contributed by atoms with Gasteiger partial charge in [-0.05, 0) is 13.8 Å². The lowest BCUT2D eigenvalue weighted by molar-refractivity contribution is 0.752. The van der Waals surface area contributed by atoms with Gasteiger partial charge in [0, 0.05) is 12.6 Å². The summed E-state index contributed by atoms with van der Waals surface area (Å²) >= 11 is 0. The average molecular weight is 196 g/mol. The third-order valence-corrected chi connectivity index (χ3v) is 1.31. The molecule has 0 aliphatic heterocycles. The van der Waals surface area contributed by atoms with Crippen LogP contribution in [0.5, 0.6) is 0 Å². The maximum absolute atomic E-state index is 5.17. The van der Waals surface area contributed by atoms with Crippen LogP contribution >= 0.6 is 0 Å². The summed E-state index contributed by atoms with van der Waals surface area (Å²) in [5.41, 5.74) is 11.5. The van der Waals surface area contributed by atoms with Crippen LogP contribution in [0.1, 0.15) is 26.3 Å². The molecule has 1 rings (SSSR count). The van der Waals surface area contributed by atoms with Crippen LogP contribution in [0.2, 0.25) is 0 Å². The molecule has 1 aromatic rings. The minimum absolute atomic E-state index is 0.162. The number of rotatable bonds is 1. The van der Waals surface area contributed by atoms with E-state index in [0.717, 1.165) is 0 Å². The van der Waals surface area contributed by atoms with Crippen LogP contribution in [-0.4, -0.2) is 12.6 Å². The van der Waals surface area contributed by atoms with Gasteiger partial charge in [0.1, 0.15) is 0 Å². The molecule has 0 saturated carbocycles. The first-order chi connectivity index (χ1) is 6.66. The lowest BCUT2D eigenvalue weighted by Crippen LogP contribution is -2.25. The van der Waals surface area contributed by atoms with Gasteiger partial charge < -0.3 is 11.5 Å². The Morgan fingerprint density at radius 2 is 1.50 bits per heavy atom. The van der Waals surface area contributed by atoms with Crippen molar-refractivity contribution in [2.45, 2.75) is 33.7 Å². The Balaban J connectivity index is 0. The molecule has 0 aliphatic rings. The van der Waals surface area contributed by atoms with Crippen LogP contribution in [0.25, 0.3) is 0 Å². The zero-order valence-corrected chi connectivity index (χ0v) is 9.83. The molecule has 0 radical (unpaired) electrons. The van der Waals surface area contributed by atoms with Crippen molar-refractivity contribution in [1.82, 2.24) is 0 Å². The highest BCUT2D eigenvalue weighted by atomic mass is 14.7. The summed E-state index contributed by atoms with van der Waals surface area (Å²) in [5.74, 6) is 0. The molecule has 82 valence electrons. The molecule has 0 saturated heterocycles. The Hall–Kier alpha value is -0.860. The maximum atomic E-state index is 5.17. The van der Waals surface area contributed by atoms with E-state index < -0.39 is 0 Å². The van der Waals surface area contributed by atoms with E-state index in [1.54, 1.807) is 0 Å². The van der Waals surface area contributed by atoms with Gasteiger partial charge in [-0.25, -0.2) is 0 Å². The van der Waals surface area contributed by atoms with E-state index in [-0.39, 0.29) is 6.04 Å². The summed E-state index contributed by atoms with van der Waals surface area (Å²) in [5, 5.41) is 0. The summed E-state index contributed by atoms with van der Waals surface area (Å²) < 4.78 is 0. The Labute approximate surface area is 88.3 Å². The Morgan fingerprint density at radius 1 is 1.14 bits per heavy atom. The standard InChI is InChI=1S/C7H8.C3H10N2.C2H6/c1-7-5-3-2-4-6-7;1-3(5)2-4;1-2/h2-6H,1H3;3H,2,4-5H2,1H3;1-2H3. The first kappa shape index (κ1) is 15.6.